The zero-order chi connectivity index (χ0) is 15.4. The molecule has 0 spiro atoms. The molecule has 1 heterocycles. The van der Waals surface area contributed by atoms with Gasteiger partial charge in [0.05, 0.1) is 0 Å². The number of hydrogen-bond acceptors (Lipinski definition) is 2. The quantitative estimate of drug-likeness (QED) is 0.454. The topological polar surface area (TPSA) is 70.7 Å². The molecule has 0 radical (unpaired) electrons. The highest BCUT2D eigenvalue weighted by molar-refractivity contribution is 14.0. The molecule has 3 rings (SSSR count). The number of guanidine groups is 1. The maximum Gasteiger partial charge on any atom is 0.248 e. The lowest BCUT2D eigenvalue weighted by molar-refractivity contribution is -0.117. The lowest BCUT2D eigenvalue weighted by Crippen LogP contribution is -2.32. The summed E-state index contributed by atoms with van der Waals surface area (Å²) < 4.78 is 0. The van der Waals surface area contributed by atoms with Crippen molar-refractivity contribution in [3.8, 4) is 0 Å². The summed E-state index contributed by atoms with van der Waals surface area (Å²) in [4.78, 5) is 18.2. The number of nitrogens with two attached hydrogens (primary N) is 1. The van der Waals surface area contributed by atoms with E-state index in [1.165, 1.54) is 5.56 Å². The van der Waals surface area contributed by atoms with E-state index in [1.807, 2.05) is 48.5 Å². The first-order valence-electron chi connectivity index (χ1n) is 7.24. The van der Waals surface area contributed by atoms with Gasteiger partial charge in [0.2, 0.25) is 5.91 Å². The Balaban J connectivity index is 0.00000192. The SMILES string of the molecule is I.NC(=NCC(=O)N1CCc2ccccc21)Nc1ccccc1. The minimum absolute atomic E-state index is 0. The highest BCUT2D eigenvalue weighted by Crippen LogP contribution is 2.27. The zero-order valence-electron chi connectivity index (χ0n) is 12.6. The predicted molar refractivity (Wildman–Crippen MR) is 104 cm³/mol. The van der Waals surface area contributed by atoms with Crippen molar-refractivity contribution in [1.29, 1.82) is 0 Å². The molecular weight excluding hydrogens is 403 g/mol. The molecule has 0 aromatic heterocycles. The maximum absolute atomic E-state index is 12.3. The first kappa shape index (κ1) is 17.3. The number of anilines is 2. The van der Waals surface area contributed by atoms with Crippen LogP contribution in [-0.4, -0.2) is 25.0 Å². The van der Waals surface area contributed by atoms with E-state index in [-0.39, 0.29) is 42.4 Å². The van der Waals surface area contributed by atoms with Gasteiger partial charge >= 0.3 is 0 Å². The van der Waals surface area contributed by atoms with Gasteiger partial charge < -0.3 is 16.0 Å². The summed E-state index contributed by atoms with van der Waals surface area (Å²) in [6.45, 7) is 0.750. The third-order valence-electron chi connectivity index (χ3n) is 3.62. The zero-order valence-corrected chi connectivity index (χ0v) is 14.9. The number of rotatable bonds is 3. The largest absolute Gasteiger partial charge is 0.370 e. The van der Waals surface area contributed by atoms with Gasteiger partial charge in [-0.2, -0.15) is 0 Å². The molecule has 0 saturated carbocycles. The normalized spacial score (nSPS) is 13.2. The van der Waals surface area contributed by atoms with Crippen molar-refractivity contribution in [2.45, 2.75) is 6.42 Å². The molecule has 0 bridgehead atoms. The number of nitrogens with zero attached hydrogens (tertiary/aromatic N) is 2. The minimum atomic E-state index is -0.0391. The number of carbonyl (C=O) groups excluding carboxylic acids is 1. The van der Waals surface area contributed by atoms with Crippen LogP contribution in [0.5, 0.6) is 0 Å². The van der Waals surface area contributed by atoms with Gasteiger partial charge in [-0.1, -0.05) is 36.4 Å². The number of fused-ring (bicyclic) bond motifs is 1. The lowest BCUT2D eigenvalue weighted by atomic mass is 10.2. The van der Waals surface area contributed by atoms with Gasteiger partial charge in [-0.15, -0.1) is 24.0 Å². The van der Waals surface area contributed by atoms with Crippen LogP contribution in [-0.2, 0) is 11.2 Å². The van der Waals surface area contributed by atoms with E-state index in [9.17, 15) is 4.79 Å². The van der Waals surface area contributed by atoms with E-state index in [0.717, 1.165) is 17.8 Å². The van der Waals surface area contributed by atoms with E-state index >= 15 is 0 Å². The van der Waals surface area contributed by atoms with Crippen LogP contribution in [0.15, 0.2) is 59.6 Å². The summed E-state index contributed by atoms with van der Waals surface area (Å²) >= 11 is 0. The van der Waals surface area contributed by atoms with Crippen LogP contribution in [0.4, 0.5) is 11.4 Å². The lowest BCUT2D eigenvalue weighted by Gasteiger charge is -2.16. The molecule has 0 saturated heterocycles. The highest BCUT2D eigenvalue weighted by atomic mass is 127. The first-order valence-corrected chi connectivity index (χ1v) is 7.24. The van der Waals surface area contributed by atoms with Crippen molar-refractivity contribution in [3.63, 3.8) is 0 Å². The van der Waals surface area contributed by atoms with E-state index in [0.29, 0.717) is 6.54 Å². The summed E-state index contributed by atoms with van der Waals surface area (Å²) in [5.41, 5.74) is 8.85. The molecule has 3 N–H and O–H groups in total. The second kappa shape index (κ2) is 7.96. The average Bonchev–Trinajstić information content (AvgIpc) is 2.98. The number of para-hydroxylation sites is 2. The van der Waals surface area contributed by atoms with E-state index in [1.54, 1.807) is 4.90 Å². The van der Waals surface area contributed by atoms with E-state index in [4.69, 9.17) is 5.73 Å². The maximum atomic E-state index is 12.3. The van der Waals surface area contributed by atoms with Crippen LogP contribution < -0.4 is 16.0 Å². The Labute approximate surface area is 152 Å². The van der Waals surface area contributed by atoms with Gasteiger partial charge in [-0.05, 0) is 30.2 Å². The van der Waals surface area contributed by atoms with E-state index in [2.05, 4.69) is 16.4 Å². The molecule has 23 heavy (non-hydrogen) atoms. The Morgan fingerprint density at radius 1 is 1.13 bits per heavy atom. The molecule has 2 aromatic carbocycles. The van der Waals surface area contributed by atoms with Crippen molar-refractivity contribution in [2.75, 3.05) is 23.3 Å². The molecule has 2 aromatic rings. The Kier molecular flexibility index (Phi) is 5.97. The molecule has 1 aliphatic rings. The molecule has 0 fully saturated rings. The number of benzene rings is 2. The second-order valence-corrected chi connectivity index (χ2v) is 5.12. The molecule has 120 valence electrons. The minimum Gasteiger partial charge on any atom is -0.370 e. The molecule has 1 amide bonds. The van der Waals surface area contributed by atoms with Gasteiger partial charge in [0.15, 0.2) is 5.96 Å². The molecular formula is C17H19IN4O. The monoisotopic (exact) mass is 422 g/mol. The number of nitrogens with one attached hydrogen (secondary N) is 1. The van der Waals surface area contributed by atoms with Crippen molar-refractivity contribution in [2.24, 2.45) is 10.7 Å². The predicted octanol–water partition coefficient (Wildman–Crippen LogP) is 2.62. The van der Waals surface area contributed by atoms with Crippen LogP contribution >= 0.6 is 24.0 Å². The number of halogens is 1. The van der Waals surface area contributed by atoms with Crippen LogP contribution in [0.2, 0.25) is 0 Å². The fourth-order valence-electron chi connectivity index (χ4n) is 2.54. The Hall–Kier alpha value is -2.09. The van der Waals surface area contributed by atoms with Crippen LogP contribution in [0.25, 0.3) is 0 Å². The molecule has 0 unspecified atom stereocenters. The Morgan fingerprint density at radius 3 is 2.61 bits per heavy atom. The van der Waals surface area contributed by atoms with Gasteiger partial charge in [0, 0.05) is 17.9 Å². The van der Waals surface area contributed by atoms with Crippen LogP contribution in [0, 0.1) is 0 Å². The summed E-state index contributed by atoms with van der Waals surface area (Å²) in [7, 11) is 0. The van der Waals surface area contributed by atoms with Crippen molar-refractivity contribution in [1.82, 2.24) is 0 Å². The number of carbonyl (C=O) groups is 1. The number of amides is 1. The van der Waals surface area contributed by atoms with Crippen LogP contribution in [0.1, 0.15) is 5.56 Å². The Bertz CT molecular complexity index is 703. The molecule has 6 heteroatoms. The molecule has 0 aliphatic carbocycles. The van der Waals surface area contributed by atoms with Gasteiger partial charge in [0.25, 0.3) is 0 Å². The second-order valence-electron chi connectivity index (χ2n) is 5.12. The summed E-state index contributed by atoms with van der Waals surface area (Å²) in [5.74, 6) is 0.204. The fraction of sp³-hybridized carbons (Fsp3) is 0.176. The Morgan fingerprint density at radius 2 is 1.83 bits per heavy atom. The van der Waals surface area contributed by atoms with Gasteiger partial charge in [-0.3, -0.25) is 4.79 Å². The highest BCUT2D eigenvalue weighted by Gasteiger charge is 2.23. The van der Waals surface area contributed by atoms with Crippen molar-refractivity contribution in [3.05, 3.63) is 60.2 Å². The van der Waals surface area contributed by atoms with E-state index < -0.39 is 0 Å². The summed E-state index contributed by atoms with van der Waals surface area (Å²) in [6.07, 6.45) is 0.892. The smallest absolute Gasteiger partial charge is 0.248 e. The van der Waals surface area contributed by atoms with Gasteiger partial charge in [-0.25, -0.2) is 4.99 Å². The molecule has 0 atom stereocenters. The molecule has 5 nitrogen and oxygen atoms in total. The van der Waals surface area contributed by atoms with Crippen LogP contribution in [0.3, 0.4) is 0 Å². The van der Waals surface area contributed by atoms with Gasteiger partial charge in [0.1, 0.15) is 6.54 Å². The summed E-state index contributed by atoms with van der Waals surface area (Å²) in [6, 6.07) is 17.5. The van der Waals surface area contributed by atoms with Crippen molar-refractivity contribution < 1.29 is 4.79 Å². The fourth-order valence-corrected chi connectivity index (χ4v) is 2.54. The number of aliphatic imine (C=N–C) groups is 1. The third kappa shape index (κ3) is 4.22. The first-order chi connectivity index (χ1) is 10.7. The summed E-state index contributed by atoms with van der Waals surface area (Å²) in [5, 5.41) is 2.96. The number of hydrogen-bond donors (Lipinski definition) is 2. The van der Waals surface area contributed by atoms with Crippen molar-refractivity contribution >= 4 is 47.2 Å². The molecule has 1 aliphatic heterocycles. The average molecular weight is 422 g/mol. The standard InChI is InChI=1S/C17H18N4O.HI/c18-17(20-14-7-2-1-3-8-14)19-12-16(22)21-11-10-13-6-4-5-9-15(13)21;/h1-9H,10-12H2,(H3,18,19,20);1H. The third-order valence-corrected chi connectivity index (χ3v) is 3.62.